The molecule has 0 N–H and O–H groups in total. The van der Waals surface area contributed by atoms with Crippen LogP contribution < -0.4 is 4.74 Å². The number of ether oxygens (including phenoxy) is 1. The molecule has 4 heteroatoms. The topological polar surface area (TPSA) is 46.6 Å². The lowest BCUT2D eigenvalue weighted by molar-refractivity contribution is -0.132. The van der Waals surface area contributed by atoms with Gasteiger partial charge in [-0.3, -0.25) is 9.59 Å². The number of carbonyl (C=O) groups is 2. The van der Waals surface area contributed by atoms with Crippen molar-refractivity contribution in [3.8, 4) is 5.75 Å². The molecule has 1 saturated heterocycles. The van der Waals surface area contributed by atoms with Gasteiger partial charge in [0.1, 0.15) is 11.4 Å². The molecule has 2 heterocycles. The molecule has 3 rings (SSSR count). The fourth-order valence-corrected chi connectivity index (χ4v) is 3.11. The normalized spacial score (nSPS) is 20.5. The van der Waals surface area contributed by atoms with E-state index in [0.717, 1.165) is 18.4 Å². The number of rotatable bonds is 0. The standard InChI is InChI=1S/C16H19NO3/c1-11-3-4-13-14(19)10-16(20-15(13)9-11)5-7-17(8-6-16)12(2)18/h3-4,9H,5-8,10H2,1-2H3. The fourth-order valence-electron chi connectivity index (χ4n) is 3.11. The van der Waals surface area contributed by atoms with Crippen molar-refractivity contribution in [3.05, 3.63) is 29.3 Å². The molecule has 0 atom stereocenters. The van der Waals surface area contributed by atoms with E-state index >= 15 is 0 Å². The summed E-state index contributed by atoms with van der Waals surface area (Å²) in [4.78, 5) is 25.5. The van der Waals surface area contributed by atoms with E-state index in [1.165, 1.54) is 0 Å². The Morgan fingerprint density at radius 1 is 1.30 bits per heavy atom. The van der Waals surface area contributed by atoms with Crippen LogP contribution in [0.5, 0.6) is 5.75 Å². The van der Waals surface area contributed by atoms with Crippen LogP contribution in [0.15, 0.2) is 18.2 Å². The van der Waals surface area contributed by atoms with Crippen LogP contribution in [0.2, 0.25) is 0 Å². The highest BCUT2D eigenvalue weighted by Gasteiger charge is 2.43. The SMILES string of the molecule is CC(=O)N1CCC2(CC1)CC(=O)c1ccc(C)cc1O2. The monoisotopic (exact) mass is 273 g/mol. The van der Waals surface area contributed by atoms with E-state index in [0.29, 0.717) is 30.8 Å². The Balaban J connectivity index is 1.84. The minimum absolute atomic E-state index is 0.0956. The van der Waals surface area contributed by atoms with Crippen molar-refractivity contribution < 1.29 is 14.3 Å². The maximum Gasteiger partial charge on any atom is 0.219 e. The predicted molar refractivity (Wildman–Crippen MR) is 75.0 cm³/mol. The number of hydrogen-bond acceptors (Lipinski definition) is 3. The van der Waals surface area contributed by atoms with Crippen LogP contribution in [0.3, 0.4) is 0 Å². The summed E-state index contributed by atoms with van der Waals surface area (Å²) < 4.78 is 6.18. The van der Waals surface area contributed by atoms with Crippen LogP contribution in [0.25, 0.3) is 0 Å². The molecule has 1 amide bonds. The molecule has 1 spiro atoms. The zero-order chi connectivity index (χ0) is 14.3. The van der Waals surface area contributed by atoms with Gasteiger partial charge in [0.05, 0.1) is 12.0 Å². The lowest BCUT2D eigenvalue weighted by atomic mass is 9.82. The van der Waals surface area contributed by atoms with E-state index in [2.05, 4.69) is 0 Å². The van der Waals surface area contributed by atoms with Crippen molar-refractivity contribution in [3.63, 3.8) is 0 Å². The number of ketones is 1. The maximum absolute atomic E-state index is 12.3. The van der Waals surface area contributed by atoms with Gasteiger partial charge in [-0.1, -0.05) is 6.07 Å². The molecule has 0 unspecified atom stereocenters. The molecule has 0 aromatic heterocycles. The van der Waals surface area contributed by atoms with E-state index < -0.39 is 5.60 Å². The van der Waals surface area contributed by atoms with Gasteiger partial charge in [-0.05, 0) is 24.6 Å². The third-order valence-electron chi connectivity index (χ3n) is 4.37. The number of likely N-dealkylation sites (tertiary alicyclic amines) is 1. The lowest BCUT2D eigenvalue weighted by Gasteiger charge is -2.43. The lowest BCUT2D eigenvalue weighted by Crippen LogP contribution is -2.51. The van der Waals surface area contributed by atoms with Crippen LogP contribution in [-0.4, -0.2) is 35.3 Å². The molecule has 20 heavy (non-hydrogen) atoms. The number of carbonyl (C=O) groups excluding carboxylic acids is 2. The van der Waals surface area contributed by atoms with Crippen LogP contribution >= 0.6 is 0 Å². The summed E-state index contributed by atoms with van der Waals surface area (Å²) >= 11 is 0. The number of nitrogens with zero attached hydrogens (tertiary/aromatic N) is 1. The molecule has 0 saturated carbocycles. The van der Waals surface area contributed by atoms with Crippen molar-refractivity contribution in [2.24, 2.45) is 0 Å². The Labute approximate surface area is 118 Å². The summed E-state index contributed by atoms with van der Waals surface area (Å²) in [5, 5.41) is 0. The minimum Gasteiger partial charge on any atom is -0.486 e. The van der Waals surface area contributed by atoms with Crippen LogP contribution in [0.1, 0.15) is 42.1 Å². The average molecular weight is 273 g/mol. The molecule has 0 aliphatic carbocycles. The van der Waals surface area contributed by atoms with Gasteiger partial charge in [0.2, 0.25) is 5.91 Å². The van der Waals surface area contributed by atoms with E-state index in [-0.39, 0.29) is 11.7 Å². The summed E-state index contributed by atoms with van der Waals surface area (Å²) in [6, 6.07) is 5.73. The Morgan fingerprint density at radius 3 is 2.65 bits per heavy atom. The number of fused-ring (bicyclic) bond motifs is 1. The molecule has 106 valence electrons. The first-order chi connectivity index (χ1) is 9.49. The Bertz CT molecular complexity index is 571. The molecule has 0 radical (unpaired) electrons. The molecule has 0 bridgehead atoms. The summed E-state index contributed by atoms with van der Waals surface area (Å²) in [6.07, 6.45) is 1.88. The Hall–Kier alpha value is -1.84. The molecule has 4 nitrogen and oxygen atoms in total. The Kier molecular flexibility index (Phi) is 3.04. The smallest absolute Gasteiger partial charge is 0.219 e. The van der Waals surface area contributed by atoms with Gasteiger partial charge in [0.25, 0.3) is 0 Å². The van der Waals surface area contributed by atoms with Gasteiger partial charge in [0, 0.05) is 32.9 Å². The molecule has 1 aromatic rings. The summed E-state index contributed by atoms with van der Waals surface area (Å²) in [5.74, 6) is 0.957. The quantitative estimate of drug-likeness (QED) is 0.729. The molecular weight excluding hydrogens is 254 g/mol. The maximum atomic E-state index is 12.3. The second-order valence-corrected chi connectivity index (χ2v) is 5.89. The second kappa shape index (κ2) is 4.62. The van der Waals surface area contributed by atoms with Crippen LogP contribution in [0, 0.1) is 6.92 Å². The third-order valence-corrected chi connectivity index (χ3v) is 4.37. The van der Waals surface area contributed by atoms with Crippen molar-refractivity contribution in [1.29, 1.82) is 0 Å². The van der Waals surface area contributed by atoms with Crippen molar-refractivity contribution in [1.82, 2.24) is 4.90 Å². The Morgan fingerprint density at radius 2 is 2.00 bits per heavy atom. The number of aryl methyl sites for hydroxylation is 1. The van der Waals surface area contributed by atoms with Gasteiger partial charge in [-0.2, -0.15) is 0 Å². The highest BCUT2D eigenvalue weighted by molar-refractivity contribution is 6.00. The van der Waals surface area contributed by atoms with Crippen LogP contribution in [-0.2, 0) is 4.79 Å². The summed E-state index contributed by atoms with van der Waals surface area (Å²) in [6.45, 7) is 4.92. The third kappa shape index (κ3) is 2.19. The minimum atomic E-state index is -0.413. The fraction of sp³-hybridized carbons (Fsp3) is 0.500. The first-order valence-corrected chi connectivity index (χ1v) is 7.07. The van der Waals surface area contributed by atoms with Gasteiger partial charge in [-0.15, -0.1) is 0 Å². The second-order valence-electron chi connectivity index (χ2n) is 5.89. The largest absolute Gasteiger partial charge is 0.486 e. The number of benzene rings is 1. The number of Topliss-reactive ketones (excluding diaryl/α,β-unsaturated/α-hetero) is 1. The molecule has 1 fully saturated rings. The molecular formula is C16H19NO3. The number of hydrogen-bond donors (Lipinski definition) is 0. The highest BCUT2D eigenvalue weighted by Crippen LogP contribution is 2.39. The number of amides is 1. The highest BCUT2D eigenvalue weighted by atomic mass is 16.5. The average Bonchev–Trinajstić information content (AvgIpc) is 2.38. The molecule has 2 aliphatic rings. The van der Waals surface area contributed by atoms with Gasteiger partial charge in [0.15, 0.2) is 5.78 Å². The first-order valence-electron chi connectivity index (χ1n) is 7.07. The van der Waals surface area contributed by atoms with E-state index in [1.54, 1.807) is 6.92 Å². The summed E-state index contributed by atoms with van der Waals surface area (Å²) in [5.41, 5.74) is 1.37. The van der Waals surface area contributed by atoms with E-state index in [4.69, 9.17) is 4.74 Å². The van der Waals surface area contributed by atoms with Crippen molar-refractivity contribution in [2.75, 3.05) is 13.1 Å². The van der Waals surface area contributed by atoms with Crippen molar-refractivity contribution in [2.45, 2.75) is 38.7 Å². The molecule has 1 aromatic carbocycles. The van der Waals surface area contributed by atoms with Gasteiger partial charge < -0.3 is 9.64 Å². The first kappa shape index (κ1) is 13.2. The number of piperidine rings is 1. The van der Waals surface area contributed by atoms with E-state index in [9.17, 15) is 9.59 Å². The summed E-state index contributed by atoms with van der Waals surface area (Å²) in [7, 11) is 0. The molecule has 2 aliphatic heterocycles. The van der Waals surface area contributed by atoms with Gasteiger partial charge in [-0.25, -0.2) is 0 Å². The zero-order valence-corrected chi connectivity index (χ0v) is 11.9. The predicted octanol–water partition coefficient (Wildman–Crippen LogP) is 2.34. The van der Waals surface area contributed by atoms with Gasteiger partial charge >= 0.3 is 0 Å². The van der Waals surface area contributed by atoms with Crippen LogP contribution in [0.4, 0.5) is 0 Å². The van der Waals surface area contributed by atoms with E-state index in [1.807, 2.05) is 30.0 Å². The van der Waals surface area contributed by atoms with Crippen molar-refractivity contribution >= 4 is 11.7 Å². The zero-order valence-electron chi connectivity index (χ0n) is 11.9.